The maximum absolute atomic E-state index is 13.8. The first kappa shape index (κ1) is 32.8. The number of imidazole rings is 1. The minimum absolute atomic E-state index is 0.139. The second kappa shape index (κ2) is 15.1. The highest BCUT2D eigenvalue weighted by molar-refractivity contribution is 5.97. The number of carbonyl (C=O) groups is 2. The van der Waals surface area contributed by atoms with E-state index in [2.05, 4.69) is 37.5 Å². The van der Waals surface area contributed by atoms with Gasteiger partial charge in [-0.2, -0.15) is 0 Å². The predicted molar refractivity (Wildman–Crippen MR) is 178 cm³/mol. The molecule has 0 saturated heterocycles. The third-order valence-electron chi connectivity index (χ3n) is 8.57. The van der Waals surface area contributed by atoms with E-state index in [-0.39, 0.29) is 24.1 Å². The van der Waals surface area contributed by atoms with Crippen molar-refractivity contribution in [2.75, 3.05) is 26.4 Å². The number of benzene rings is 2. The molecule has 2 aromatic carbocycles. The fourth-order valence-corrected chi connectivity index (χ4v) is 6.02. The predicted octanol–water partition coefficient (Wildman–Crippen LogP) is 4.88. The molecule has 2 unspecified atom stereocenters. The van der Waals surface area contributed by atoms with E-state index >= 15 is 0 Å². The van der Waals surface area contributed by atoms with Crippen molar-refractivity contribution in [3.8, 4) is 17.0 Å². The first-order chi connectivity index (χ1) is 22.3. The number of amides is 1. The number of fused-ring (bicyclic) bond motifs is 1. The number of methoxy groups -OCH3 is 1. The minimum Gasteiger partial charge on any atom is -0.496 e. The minimum atomic E-state index is -0.508. The number of halogens is 1. The molecule has 2 heterocycles. The van der Waals surface area contributed by atoms with Gasteiger partial charge in [-0.25, -0.2) is 14.4 Å². The summed E-state index contributed by atoms with van der Waals surface area (Å²) in [6.07, 6.45) is 11.2. The molecule has 1 amide bonds. The molecule has 11 heteroatoms. The standard InChI is InChI=1S/C35H42FN7O3/c1-22(15-17-44)39-16-5-4-6-28-21-40-33(37)32-31(42-34(43(28)32)25-11-13-27(18-25)38-2)24-9-7-23(8-10-24)20-41-35(45)29-19-26(36)12-14-30(29)46-3/h4,6-10,12,14,17,19,21-22,25,27,38-39H,5,11,13,15-16,18,20H2,1-3H3,(H2,37,40)(H,41,45)/b6-4+/t22?,25-,27?/m1/s1. The largest absolute Gasteiger partial charge is 0.496 e. The molecular weight excluding hydrogens is 585 g/mol. The molecule has 46 heavy (non-hydrogen) atoms. The highest BCUT2D eigenvalue weighted by Crippen LogP contribution is 2.38. The van der Waals surface area contributed by atoms with Crippen LogP contribution in [0, 0.1) is 5.82 Å². The van der Waals surface area contributed by atoms with Crippen molar-refractivity contribution < 1.29 is 18.7 Å². The van der Waals surface area contributed by atoms with Crippen molar-refractivity contribution >= 4 is 29.6 Å². The normalized spacial score (nSPS) is 17.0. The Kier molecular flexibility index (Phi) is 10.8. The Morgan fingerprint density at radius 1 is 1.22 bits per heavy atom. The third kappa shape index (κ3) is 7.43. The zero-order valence-corrected chi connectivity index (χ0v) is 26.6. The van der Waals surface area contributed by atoms with Gasteiger partial charge >= 0.3 is 0 Å². The Balaban J connectivity index is 1.41. The van der Waals surface area contributed by atoms with Gasteiger partial charge in [0.25, 0.3) is 5.91 Å². The van der Waals surface area contributed by atoms with E-state index in [1.54, 1.807) is 6.20 Å². The van der Waals surface area contributed by atoms with Gasteiger partial charge in [0, 0.05) is 36.5 Å². The summed E-state index contributed by atoms with van der Waals surface area (Å²) in [7, 11) is 3.44. The molecule has 1 saturated carbocycles. The number of ether oxygens (including phenoxy) is 1. The summed E-state index contributed by atoms with van der Waals surface area (Å²) in [5.41, 5.74) is 10.9. The van der Waals surface area contributed by atoms with Gasteiger partial charge in [-0.3, -0.25) is 9.20 Å². The second-order valence-electron chi connectivity index (χ2n) is 11.7. The maximum Gasteiger partial charge on any atom is 0.255 e. The van der Waals surface area contributed by atoms with Gasteiger partial charge in [0.05, 0.1) is 24.6 Å². The van der Waals surface area contributed by atoms with E-state index < -0.39 is 11.7 Å². The van der Waals surface area contributed by atoms with E-state index in [1.807, 2.05) is 38.2 Å². The van der Waals surface area contributed by atoms with E-state index in [0.717, 1.165) is 78.4 Å². The van der Waals surface area contributed by atoms with Crippen molar-refractivity contribution in [3.05, 3.63) is 83.2 Å². The molecule has 3 atom stereocenters. The molecule has 242 valence electrons. The van der Waals surface area contributed by atoms with Gasteiger partial charge in [-0.05, 0) is 76.0 Å². The zero-order chi connectivity index (χ0) is 32.6. The van der Waals surface area contributed by atoms with Crippen molar-refractivity contribution in [2.45, 2.75) is 63.6 Å². The topological polar surface area (TPSA) is 136 Å². The van der Waals surface area contributed by atoms with Crippen LogP contribution in [0.5, 0.6) is 5.75 Å². The van der Waals surface area contributed by atoms with Crippen LogP contribution >= 0.6 is 0 Å². The van der Waals surface area contributed by atoms with Crippen molar-refractivity contribution in [3.63, 3.8) is 0 Å². The fourth-order valence-electron chi connectivity index (χ4n) is 6.02. The Morgan fingerprint density at radius 2 is 2.02 bits per heavy atom. The number of nitrogens with one attached hydrogen (secondary N) is 3. The summed E-state index contributed by atoms with van der Waals surface area (Å²) >= 11 is 0. The summed E-state index contributed by atoms with van der Waals surface area (Å²) < 4.78 is 21.2. The van der Waals surface area contributed by atoms with Crippen molar-refractivity contribution in [2.24, 2.45) is 0 Å². The van der Waals surface area contributed by atoms with Gasteiger partial charge in [0.2, 0.25) is 0 Å². The fraction of sp³-hybridized carbons (Fsp3) is 0.371. The van der Waals surface area contributed by atoms with E-state index in [9.17, 15) is 14.0 Å². The smallest absolute Gasteiger partial charge is 0.255 e. The summed E-state index contributed by atoms with van der Waals surface area (Å²) in [4.78, 5) is 33.3. The van der Waals surface area contributed by atoms with Gasteiger partial charge in [-0.1, -0.05) is 30.3 Å². The molecule has 1 fully saturated rings. The van der Waals surface area contributed by atoms with Gasteiger partial charge in [-0.15, -0.1) is 0 Å². The highest BCUT2D eigenvalue weighted by atomic mass is 19.1. The second-order valence-corrected chi connectivity index (χ2v) is 11.7. The number of nitrogens with two attached hydrogens (primary N) is 1. The quantitative estimate of drug-likeness (QED) is 0.115. The molecule has 0 aliphatic heterocycles. The molecule has 10 nitrogen and oxygen atoms in total. The molecule has 1 aliphatic carbocycles. The first-order valence-corrected chi connectivity index (χ1v) is 15.7. The van der Waals surface area contributed by atoms with E-state index in [1.165, 1.54) is 19.2 Å². The summed E-state index contributed by atoms with van der Waals surface area (Å²) in [6, 6.07) is 12.2. The molecular formula is C35H42FN7O3. The van der Waals surface area contributed by atoms with Crippen LogP contribution in [0.3, 0.4) is 0 Å². The molecule has 4 aromatic rings. The molecule has 1 aliphatic rings. The first-order valence-electron chi connectivity index (χ1n) is 15.7. The number of anilines is 1. The van der Waals surface area contributed by atoms with Crippen LogP contribution in [0.4, 0.5) is 10.2 Å². The van der Waals surface area contributed by atoms with Crippen LogP contribution in [0.15, 0.2) is 54.7 Å². The monoisotopic (exact) mass is 627 g/mol. The number of hydrogen-bond acceptors (Lipinski definition) is 8. The molecule has 0 spiro atoms. The van der Waals surface area contributed by atoms with Crippen LogP contribution in [0.1, 0.15) is 72.4 Å². The highest BCUT2D eigenvalue weighted by Gasteiger charge is 2.30. The Bertz CT molecular complexity index is 1700. The Morgan fingerprint density at radius 3 is 2.74 bits per heavy atom. The summed E-state index contributed by atoms with van der Waals surface area (Å²) in [5, 5.41) is 9.62. The molecule has 0 bridgehead atoms. The average molecular weight is 628 g/mol. The zero-order valence-electron chi connectivity index (χ0n) is 26.6. The van der Waals surface area contributed by atoms with Crippen molar-refractivity contribution in [1.29, 1.82) is 0 Å². The molecule has 5 N–H and O–H groups in total. The lowest BCUT2D eigenvalue weighted by Crippen LogP contribution is -2.26. The summed E-state index contributed by atoms with van der Waals surface area (Å²) in [5.74, 6) is 1.00. The Hall–Kier alpha value is -4.61. The summed E-state index contributed by atoms with van der Waals surface area (Å²) in [6.45, 7) is 3.01. The molecule has 0 radical (unpaired) electrons. The average Bonchev–Trinajstić information content (AvgIpc) is 3.71. The number of nitrogens with zero attached hydrogens (tertiary/aromatic N) is 3. The lowest BCUT2D eigenvalue weighted by atomic mass is 10.1. The number of hydrogen-bond donors (Lipinski definition) is 4. The van der Waals surface area contributed by atoms with Gasteiger partial charge in [0.1, 0.15) is 40.7 Å². The van der Waals surface area contributed by atoms with Crippen LogP contribution in [-0.4, -0.2) is 59.3 Å². The van der Waals surface area contributed by atoms with Crippen LogP contribution in [0.2, 0.25) is 0 Å². The lowest BCUT2D eigenvalue weighted by Gasteiger charge is -2.13. The number of nitrogen functional groups attached to an aromatic ring is 1. The number of aldehydes is 1. The molecule has 5 rings (SSSR count). The van der Waals surface area contributed by atoms with Crippen LogP contribution in [-0.2, 0) is 11.3 Å². The van der Waals surface area contributed by atoms with E-state index in [0.29, 0.717) is 24.0 Å². The SMILES string of the molecule is CNC1CC[C@@H](c2nc(-c3ccc(CNC(=O)c4cc(F)ccc4OC)cc3)c3c(N)ncc(/C=C/CCNC(C)CC=O)n23)C1. The third-order valence-corrected chi connectivity index (χ3v) is 8.57. The van der Waals surface area contributed by atoms with Crippen molar-refractivity contribution in [1.82, 2.24) is 30.3 Å². The number of rotatable bonds is 14. The Labute approximate surface area is 268 Å². The lowest BCUT2D eigenvalue weighted by molar-refractivity contribution is -0.108. The van der Waals surface area contributed by atoms with Gasteiger partial charge < -0.3 is 31.2 Å². The van der Waals surface area contributed by atoms with Crippen LogP contribution in [0.25, 0.3) is 22.9 Å². The van der Waals surface area contributed by atoms with E-state index in [4.69, 9.17) is 15.5 Å². The maximum atomic E-state index is 13.8. The number of aromatic nitrogens is 3. The molecule has 2 aromatic heterocycles. The van der Waals surface area contributed by atoms with Gasteiger partial charge in [0.15, 0.2) is 0 Å². The van der Waals surface area contributed by atoms with Crippen LogP contribution < -0.4 is 26.4 Å². The number of carbonyl (C=O) groups excluding carboxylic acids is 2.